The summed E-state index contributed by atoms with van der Waals surface area (Å²) in [5.41, 5.74) is 0. The Kier molecular flexibility index (Phi) is 4.95. The average molecular weight is 290 g/mol. The van der Waals surface area contributed by atoms with Crippen molar-refractivity contribution in [3.8, 4) is 0 Å². The fourth-order valence-electron chi connectivity index (χ4n) is 2.03. The van der Waals surface area contributed by atoms with Crippen molar-refractivity contribution < 1.29 is 0 Å². The molecule has 0 aromatic carbocycles. The lowest BCUT2D eigenvalue weighted by Crippen LogP contribution is -2.31. The van der Waals surface area contributed by atoms with Gasteiger partial charge in [0.05, 0.1) is 0 Å². The van der Waals surface area contributed by atoms with E-state index >= 15 is 0 Å². The summed E-state index contributed by atoms with van der Waals surface area (Å²) in [7, 11) is 3.99. The maximum absolute atomic E-state index is 4.63. The van der Waals surface area contributed by atoms with Crippen molar-refractivity contribution >= 4 is 23.0 Å². The summed E-state index contributed by atoms with van der Waals surface area (Å²) < 4.78 is 0. The molecule has 0 bridgehead atoms. The molecular formula is C15H22N4S. The third kappa shape index (κ3) is 3.48. The molecule has 2 rings (SSSR count). The predicted octanol–water partition coefficient (Wildman–Crippen LogP) is 3.21. The van der Waals surface area contributed by atoms with E-state index in [2.05, 4.69) is 58.6 Å². The van der Waals surface area contributed by atoms with Crippen LogP contribution in [0.15, 0.2) is 23.6 Å². The van der Waals surface area contributed by atoms with E-state index in [1.165, 1.54) is 4.88 Å². The molecular weight excluding hydrogens is 268 g/mol. The van der Waals surface area contributed by atoms with Crippen LogP contribution in [0.3, 0.4) is 0 Å². The Bertz CT molecular complexity index is 517. The summed E-state index contributed by atoms with van der Waals surface area (Å²) >= 11 is 1.81. The fraction of sp³-hybridized carbons (Fsp3) is 0.467. The summed E-state index contributed by atoms with van der Waals surface area (Å²) in [5.74, 6) is 2.73. The second-order valence-electron chi connectivity index (χ2n) is 4.87. The molecule has 0 saturated carbocycles. The quantitative estimate of drug-likeness (QED) is 0.887. The summed E-state index contributed by atoms with van der Waals surface area (Å²) in [6.45, 7) is 4.31. The molecule has 2 aromatic rings. The van der Waals surface area contributed by atoms with Crippen LogP contribution in [-0.2, 0) is 12.8 Å². The van der Waals surface area contributed by atoms with Gasteiger partial charge in [0.25, 0.3) is 0 Å². The zero-order valence-electron chi connectivity index (χ0n) is 12.6. The molecule has 1 atom stereocenters. The first-order valence-electron chi connectivity index (χ1n) is 6.95. The number of thiophene rings is 1. The fourth-order valence-corrected chi connectivity index (χ4v) is 2.86. The number of likely N-dealkylation sites (N-methyl/N-ethyl adjacent to an activating group) is 1. The van der Waals surface area contributed by atoms with Gasteiger partial charge in [0.1, 0.15) is 17.5 Å². The Hall–Kier alpha value is -1.62. The zero-order chi connectivity index (χ0) is 14.5. The number of rotatable bonds is 6. The molecule has 20 heavy (non-hydrogen) atoms. The molecule has 2 aromatic heterocycles. The minimum absolute atomic E-state index is 0.401. The first-order chi connectivity index (χ1) is 9.63. The highest BCUT2D eigenvalue weighted by Gasteiger charge is 2.14. The number of nitrogens with zero attached hydrogens (tertiary/aromatic N) is 3. The van der Waals surface area contributed by atoms with Crippen LogP contribution in [0.25, 0.3) is 0 Å². The molecule has 0 amide bonds. The smallest absolute Gasteiger partial charge is 0.134 e. The van der Waals surface area contributed by atoms with E-state index in [-0.39, 0.29) is 0 Å². The maximum Gasteiger partial charge on any atom is 0.134 e. The van der Waals surface area contributed by atoms with Crippen LogP contribution in [0.2, 0.25) is 0 Å². The first kappa shape index (κ1) is 14.8. The molecule has 0 fully saturated rings. The summed E-state index contributed by atoms with van der Waals surface area (Å²) in [4.78, 5) is 12.7. The van der Waals surface area contributed by atoms with Gasteiger partial charge in [0.15, 0.2) is 0 Å². The lowest BCUT2D eigenvalue weighted by molar-refractivity contribution is 0.676. The van der Waals surface area contributed by atoms with Crippen LogP contribution >= 0.6 is 11.3 Å². The van der Waals surface area contributed by atoms with E-state index in [1.807, 2.05) is 24.5 Å². The highest BCUT2D eigenvalue weighted by Crippen LogP contribution is 2.20. The highest BCUT2D eigenvalue weighted by atomic mass is 32.1. The number of anilines is 2. The maximum atomic E-state index is 4.63. The molecule has 0 aliphatic heterocycles. The molecule has 0 radical (unpaired) electrons. The van der Waals surface area contributed by atoms with Gasteiger partial charge in [-0.05, 0) is 18.4 Å². The van der Waals surface area contributed by atoms with Crippen LogP contribution in [-0.4, -0.2) is 30.1 Å². The highest BCUT2D eigenvalue weighted by molar-refractivity contribution is 7.09. The third-order valence-electron chi connectivity index (χ3n) is 3.43. The Morgan fingerprint density at radius 1 is 1.40 bits per heavy atom. The molecule has 0 aliphatic rings. The van der Waals surface area contributed by atoms with Gasteiger partial charge in [-0.25, -0.2) is 9.97 Å². The molecule has 4 nitrogen and oxygen atoms in total. The molecule has 5 heteroatoms. The monoisotopic (exact) mass is 290 g/mol. The van der Waals surface area contributed by atoms with E-state index in [0.29, 0.717) is 6.04 Å². The van der Waals surface area contributed by atoms with Gasteiger partial charge in [-0.15, -0.1) is 11.3 Å². The first-order valence-corrected chi connectivity index (χ1v) is 7.83. The zero-order valence-corrected chi connectivity index (χ0v) is 13.4. The molecule has 0 aliphatic carbocycles. The molecule has 0 spiro atoms. The lowest BCUT2D eigenvalue weighted by Gasteiger charge is -2.26. The third-order valence-corrected chi connectivity index (χ3v) is 4.33. The van der Waals surface area contributed by atoms with Gasteiger partial charge in [-0.1, -0.05) is 13.0 Å². The van der Waals surface area contributed by atoms with Crippen LogP contribution in [0.5, 0.6) is 0 Å². The summed E-state index contributed by atoms with van der Waals surface area (Å²) in [6, 6.07) is 6.69. The Labute approximate surface area is 124 Å². The summed E-state index contributed by atoms with van der Waals surface area (Å²) in [6.07, 6.45) is 1.88. The average Bonchev–Trinajstić information content (AvgIpc) is 2.98. The van der Waals surface area contributed by atoms with Gasteiger partial charge in [-0.2, -0.15) is 0 Å². The Balaban J connectivity index is 2.16. The van der Waals surface area contributed by atoms with E-state index in [9.17, 15) is 0 Å². The number of aryl methyl sites for hydroxylation is 1. The summed E-state index contributed by atoms with van der Waals surface area (Å²) in [5, 5.41) is 5.23. The number of aromatic nitrogens is 2. The lowest BCUT2D eigenvalue weighted by atomic mass is 10.2. The van der Waals surface area contributed by atoms with E-state index in [0.717, 1.165) is 30.3 Å². The van der Waals surface area contributed by atoms with Crippen molar-refractivity contribution in [2.45, 2.75) is 32.7 Å². The molecule has 0 saturated heterocycles. The van der Waals surface area contributed by atoms with Crippen molar-refractivity contribution in [3.63, 3.8) is 0 Å². The number of nitrogens with one attached hydrogen (secondary N) is 1. The second kappa shape index (κ2) is 6.70. The van der Waals surface area contributed by atoms with Crippen LogP contribution < -0.4 is 10.2 Å². The van der Waals surface area contributed by atoms with Gasteiger partial charge in [-0.3, -0.25) is 0 Å². The largest absolute Gasteiger partial charge is 0.373 e. The second-order valence-corrected chi connectivity index (χ2v) is 5.91. The molecule has 2 heterocycles. The topological polar surface area (TPSA) is 41.1 Å². The van der Waals surface area contributed by atoms with Gasteiger partial charge in [0, 0.05) is 43.9 Å². The minimum atomic E-state index is 0.401. The van der Waals surface area contributed by atoms with E-state index in [1.54, 1.807) is 0 Å². The van der Waals surface area contributed by atoms with Gasteiger partial charge < -0.3 is 10.2 Å². The van der Waals surface area contributed by atoms with Gasteiger partial charge >= 0.3 is 0 Å². The van der Waals surface area contributed by atoms with E-state index < -0.39 is 0 Å². The van der Waals surface area contributed by atoms with Crippen molar-refractivity contribution in [3.05, 3.63) is 34.3 Å². The van der Waals surface area contributed by atoms with Crippen molar-refractivity contribution in [2.75, 3.05) is 24.3 Å². The van der Waals surface area contributed by atoms with Crippen molar-refractivity contribution in [2.24, 2.45) is 0 Å². The van der Waals surface area contributed by atoms with Crippen molar-refractivity contribution in [1.29, 1.82) is 0 Å². The molecule has 1 unspecified atom stereocenters. The van der Waals surface area contributed by atoms with E-state index in [4.69, 9.17) is 0 Å². The molecule has 1 N–H and O–H groups in total. The molecule has 108 valence electrons. The number of hydrogen-bond acceptors (Lipinski definition) is 5. The normalized spacial score (nSPS) is 12.2. The van der Waals surface area contributed by atoms with Crippen LogP contribution in [0.1, 0.15) is 24.5 Å². The predicted molar refractivity (Wildman–Crippen MR) is 86.8 cm³/mol. The number of hydrogen-bond donors (Lipinski definition) is 1. The Morgan fingerprint density at radius 2 is 2.20 bits per heavy atom. The Morgan fingerprint density at radius 3 is 2.80 bits per heavy atom. The van der Waals surface area contributed by atoms with Crippen LogP contribution in [0, 0.1) is 0 Å². The standard InChI is InChI=1S/C15H22N4S/c1-5-13-17-14(16-3)10-15(18-13)19(4)11(2)9-12-7-6-8-20-12/h6-8,10-11H,5,9H2,1-4H3,(H,16,17,18). The van der Waals surface area contributed by atoms with Gasteiger partial charge in [0.2, 0.25) is 0 Å². The minimum Gasteiger partial charge on any atom is -0.373 e. The SMILES string of the molecule is CCc1nc(NC)cc(N(C)C(C)Cc2cccs2)n1. The van der Waals surface area contributed by atoms with Crippen molar-refractivity contribution in [1.82, 2.24) is 9.97 Å². The van der Waals surface area contributed by atoms with Crippen LogP contribution in [0.4, 0.5) is 11.6 Å².